The van der Waals surface area contributed by atoms with Crippen molar-refractivity contribution < 1.29 is 4.79 Å². The van der Waals surface area contributed by atoms with Gasteiger partial charge in [-0.05, 0) is 43.0 Å². The van der Waals surface area contributed by atoms with E-state index in [-0.39, 0.29) is 6.03 Å². The molecule has 136 valence electrons. The Bertz CT molecular complexity index is 757. The van der Waals surface area contributed by atoms with Crippen molar-refractivity contribution in [2.45, 2.75) is 19.3 Å². The molecule has 2 amide bonds. The van der Waals surface area contributed by atoms with Crippen molar-refractivity contribution in [1.82, 2.24) is 15.5 Å². The highest BCUT2D eigenvalue weighted by molar-refractivity contribution is 6.31. The molecular formula is C20H23ClN4O. The van der Waals surface area contributed by atoms with Crippen molar-refractivity contribution in [2.24, 2.45) is 4.99 Å². The Morgan fingerprint density at radius 1 is 1.04 bits per heavy atom. The second kappa shape index (κ2) is 9.25. The molecule has 0 atom stereocenters. The molecule has 0 radical (unpaired) electrons. The van der Waals surface area contributed by atoms with Gasteiger partial charge in [-0.15, -0.1) is 0 Å². The molecule has 2 aromatic carbocycles. The SMILES string of the molecule is O=C(NCCc1ccccc1Cl)NC(=Nc1ccccc1)N1CCCC1. The molecule has 26 heavy (non-hydrogen) atoms. The number of carbonyl (C=O) groups is 1. The molecular weight excluding hydrogens is 348 g/mol. The van der Waals surface area contributed by atoms with E-state index in [0.29, 0.717) is 18.9 Å². The van der Waals surface area contributed by atoms with E-state index in [4.69, 9.17) is 11.6 Å². The summed E-state index contributed by atoms with van der Waals surface area (Å²) in [4.78, 5) is 19.0. The smallest absolute Gasteiger partial charge is 0.321 e. The third kappa shape index (κ3) is 5.23. The Labute approximate surface area is 159 Å². The van der Waals surface area contributed by atoms with Crippen LogP contribution in [-0.2, 0) is 6.42 Å². The van der Waals surface area contributed by atoms with Crippen LogP contribution in [0.3, 0.4) is 0 Å². The molecule has 0 aromatic heterocycles. The molecule has 1 saturated heterocycles. The summed E-state index contributed by atoms with van der Waals surface area (Å²) in [6.45, 7) is 2.32. The highest BCUT2D eigenvalue weighted by Gasteiger charge is 2.18. The number of guanidine groups is 1. The summed E-state index contributed by atoms with van der Waals surface area (Å²) in [7, 11) is 0. The Balaban J connectivity index is 1.58. The van der Waals surface area contributed by atoms with Crippen LogP contribution in [0.4, 0.5) is 10.5 Å². The number of carbonyl (C=O) groups excluding carboxylic acids is 1. The Hall–Kier alpha value is -2.53. The number of rotatable bonds is 4. The first-order valence-electron chi connectivity index (χ1n) is 8.89. The number of likely N-dealkylation sites (tertiary alicyclic amines) is 1. The summed E-state index contributed by atoms with van der Waals surface area (Å²) >= 11 is 6.15. The van der Waals surface area contributed by atoms with Gasteiger partial charge in [-0.25, -0.2) is 9.79 Å². The predicted octanol–water partition coefficient (Wildman–Crippen LogP) is 3.97. The minimum absolute atomic E-state index is 0.251. The van der Waals surface area contributed by atoms with Crippen LogP contribution in [0.2, 0.25) is 5.02 Å². The van der Waals surface area contributed by atoms with E-state index in [1.807, 2.05) is 54.6 Å². The fourth-order valence-electron chi connectivity index (χ4n) is 2.89. The molecule has 1 aliphatic rings. The van der Waals surface area contributed by atoms with Crippen molar-refractivity contribution in [2.75, 3.05) is 19.6 Å². The first-order chi connectivity index (χ1) is 12.7. The minimum Gasteiger partial charge on any atom is -0.342 e. The van der Waals surface area contributed by atoms with Crippen LogP contribution in [0.1, 0.15) is 18.4 Å². The first kappa shape index (κ1) is 18.3. The quantitative estimate of drug-likeness (QED) is 0.632. The van der Waals surface area contributed by atoms with E-state index in [2.05, 4.69) is 20.5 Å². The number of amides is 2. The summed E-state index contributed by atoms with van der Waals surface area (Å²) in [5.41, 5.74) is 1.85. The average Bonchev–Trinajstić information content (AvgIpc) is 3.18. The van der Waals surface area contributed by atoms with Gasteiger partial charge in [0.15, 0.2) is 0 Å². The predicted molar refractivity (Wildman–Crippen MR) is 106 cm³/mol. The molecule has 1 heterocycles. The van der Waals surface area contributed by atoms with Crippen molar-refractivity contribution >= 4 is 29.3 Å². The van der Waals surface area contributed by atoms with Crippen molar-refractivity contribution in [3.63, 3.8) is 0 Å². The molecule has 3 rings (SSSR count). The normalized spacial score (nSPS) is 14.3. The van der Waals surface area contributed by atoms with E-state index >= 15 is 0 Å². The van der Waals surface area contributed by atoms with Crippen LogP contribution >= 0.6 is 11.6 Å². The highest BCUT2D eigenvalue weighted by atomic mass is 35.5. The van der Waals surface area contributed by atoms with Crippen molar-refractivity contribution in [1.29, 1.82) is 0 Å². The molecule has 0 aliphatic carbocycles. The summed E-state index contributed by atoms with van der Waals surface area (Å²) in [5.74, 6) is 0.601. The fraction of sp³-hybridized carbons (Fsp3) is 0.300. The van der Waals surface area contributed by atoms with Crippen LogP contribution < -0.4 is 10.6 Å². The van der Waals surface area contributed by atoms with Gasteiger partial charge in [0, 0.05) is 24.7 Å². The summed E-state index contributed by atoms with van der Waals surface area (Å²) < 4.78 is 0. The summed E-state index contributed by atoms with van der Waals surface area (Å²) in [6.07, 6.45) is 2.91. The van der Waals surface area contributed by atoms with Gasteiger partial charge in [-0.3, -0.25) is 5.32 Å². The van der Waals surface area contributed by atoms with Gasteiger partial charge in [0.2, 0.25) is 5.96 Å². The zero-order chi connectivity index (χ0) is 18.2. The number of urea groups is 1. The van der Waals surface area contributed by atoms with E-state index in [1.54, 1.807) is 0 Å². The number of nitrogens with one attached hydrogen (secondary N) is 2. The number of halogens is 1. The van der Waals surface area contributed by atoms with Gasteiger partial charge in [0.05, 0.1) is 5.69 Å². The maximum Gasteiger partial charge on any atom is 0.321 e. The van der Waals surface area contributed by atoms with E-state index in [1.165, 1.54) is 0 Å². The number of aliphatic imine (C=N–C) groups is 1. The van der Waals surface area contributed by atoms with Gasteiger partial charge < -0.3 is 10.2 Å². The molecule has 6 heteroatoms. The Kier molecular flexibility index (Phi) is 6.50. The van der Waals surface area contributed by atoms with Gasteiger partial charge in [0.1, 0.15) is 0 Å². The number of para-hydroxylation sites is 1. The first-order valence-corrected chi connectivity index (χ1v) is 9.27. The molecule has 2 N–H and O–H groups in total. The number of benzene rings is 2. The molecule has 2 aromatic rings. The third-order valence-electron chi connectivity index (χ3n) is 4.26. The minimum atomic E-state index is -0.251. The Morgan fingerprint density at radius 2 is 1.73 bits per heavy atom. The van der Waals surface area contributed by atoms with Crippen molar-refractivity contribution in [3.05, 3.63) is 65.2 Å². The van der Waals surface area contributed by atoms with Crippen LogP contribution in [0.15, 0.2) is 59.6 Å². The second-order valence-corrected chi connectivity index (χ2v) is 6.59. The third-order valence-corrected chi connectivity index (χ3v) is 4.63. The summed E-state index contributed by atoms with van der Waals surface area (Å²) in [5, 5.41) is 6.50. The lowest BCUT2D eigenvalue weighted by Crippen LogP contribution is -2.47. The van der Waals surface area contributed by atoms with Gasteiger partial charge in [0.25, 0.3) is 0 Å². The average molecular weight is 371 g/mol. The van der Waals surface area contributed by atoms with Gasteiger partial charge in [-0.1, -0.05) is 48.0 Å². The second-order valence-electron chi connectivity index (χ2n) is 6.19. The van der Waals surface area contributed by atoms with E-state index in [9.17, 15) is 4.79 Å². The van der Waals surface area contributed by atoms with Crippen LogP contribution in [-0.4, -0.2) is 36.5 Å². The topological polar surface area (TPSA) is 56.7 Å². The van der Waals surface area contributed by atoms with Crippen LogP contribution in [0.25, 0.3) is 0 Å². The number of hydrogen-bond acceptors (Lipinski definition) is 2. The lowest BCUT2D eigenvalue weighted by atomic mass is 10.1. The van der Waals surface area contributed by atoms with E-state index in [0.717, 1.165) is 42.2 Å². The highest BCUT2D eigenvalue weighted by Crippen LogP contribution is 2.15. The largest absolute Gasteiger partial charge is 0.342 e. The molecule has 0 spiro atoms. The maximum atomic E-state index is 12.3. The van der Waals surface area contributed by atoms with Crippen LogP contribution in [0.5, 0.6) is 0 Å². The van der Waals surface area contributed by atoms with Gasteiger partial charge >= 0.3 is 6.03 Å². The zero-order valence-corrected chi connectivity index (χ0v) is 15.4. The monoisotopic (exact) mass is 370 g/mol. The summed E-state index contributed by atoms with van der Waals surface area (Å²) in [6, 6.07) is 17.1. The van der Waals surface area contributed by atoms with Crippen LogP contribution in [0, 0.1) is 0 Å². The maximum absolute atomic E-state index is 12.3. The van der Waals surface area contributed by atoms with E-state index < -0.39 is 0 Å². The Morgan fingerprint density at radius 3 is 2.46 bits per heavy atom. The molecule has 1 aliphatic heterocycles. The zero-order valence-electron chi connectivity index (χ0n) is 14.6. The molecule has 0 saturated carbocycles. The standard InChI is InChI=1S/C20H23ClN4O/c21-18-11-5-4-8-16(18)12-13-22-20(26)24-19(25-14-6-7-15-25)23-17-9-2-1-3-10-17/h1-5,8-11H,6-7,12-15H2,(H2,22,23,24,26). The molecule has 1 fully saturated rings. The fourth-order valence-corrected chi connectivity index (χ4v) is 3.12. The molecule has 5 nitrogen and oxygen atoms in total. The molecule has 0 bridgehead atoms. The number of hydrogen-bond donors (Lipinski definition) is 2. The lowest BCUT2D eigenvalue weighted by Gasteiger charge is -2.20. The number of nitrogens with zero attached hydrogens (tertiary/aromatic N) is 2. The van der Waals surface area contributed by atoms with Gasteiger partial charge in [-0.2, -0.15) is 0 Å². The van der Waals surface area contributed by atoms with Crippen molar-refractivity contribution in [3.8, 4) is 0 Å². The molecule has 0 unspecified atom stereocenters. The lowest BCUT2D eigenvalue weighted by molar-refractivity contribution is 0.244.